The van der Waals surface area contributed by atoms with Gasteiger partial charge in [-0.3, -0.25) is 0 Å². The van der Waals surface area contributed by atoms with Crippen LogP contribution in [0.15, 0.2) is 17.2 Å². The van der Waals surface area contributed by atoms with Crippen LogP contribution in [-0.4, -0.2) is 34.4 Å². The van der Waals surface area contributed by atoms with Gasteiger partial charge in [-0.25, -0.2) is 8.78 Å². The lowest BCUT2D eigenvalue weighted by molar-refractivity contribution is -0.0234. The van der Waals surface area contributed by atoms with Gasteiger partial charge in [-0.15, -0.1) is 0 Å². The highest BCUT2D eigenvalue weighted by Gasteiger charge is 2.36. The topological polar surface area (TPSA) is 98.5 Å². The number of alkyl halides is 1. The number of hydrogen-bond donors (Lipinski definition) is 2. The molecule has 1 unspecified atom stereocenters. The monoisotopic (exact) mass is 377 g/mol. The average molecular weight is 378 g/mol. The molecule has 1 aromatic rings. The first-order valence-corrected chi connectivity index (χ1v) is 7.67. The van der Waals surface area contributed by atoms with Crippen LogP contribution in [0.4, 0.5) is 8.78 Å². The Morgan fingerprint density at radius 1 is 1.45 bits per heavy atom. The van der Waals surface area contributed by atoms with Crippen LogP contribution in [0.2, 0.25) is 0 Å². The Balaban J connectivity index is 2.38. The number of rotatable bonds is 5. The SMILES string of the molecule is [N-]=[N+]=NC(CBr)c1cc([C@H]2C[C@H](O)[C@@H](CO)O2)c(F)cc1F. The number of aliphatic hydroxyl groups excluding tert-OH is 2. The van der Waals surface area contributed by atoms with E-state index in [2.05, 4.69) is 26.0 Å². The maximum absolute atomic E-state index is 14.0. The van der Waals surface area contributed by atoms with Crippen LogP contribution >= 0.6 is 15.9 Å². The lowest BCUT2D eigenvalue weighted by Gasteiger charge is -2.16. The highest BCUT2D eigenvalue weighted by molar-refractivity contribution is 9.09. The van der Waals surface area contributed by atoms with E-state index in [0.717, 1.165) is 0 Å². The Morgan fingerprint density at radius 3 is 2.73 bits per heavy atom. The first-order valence-electron chi connectivity index (χ1n) is 6.55. The Bertz CT molecular complexity index is 598. The van der Waals surface area contributed by atoms with E-state index in [9.17, 15) is 13.9 Å². The van der Waals surface area contributed by atoms with Gasteiger partial charge in [0, 0.05) is 28.3 Å². The number of azide groups is 1. The second-order valence-corrected chi connectivity index (χ2v) is 5.57. The summed E-state index contributed by atoms with van der Waals surface area (Å²) in [5.41, 5.74) is 8.61. The van der Waals surface area contributed by atoms with Crippen molar-refractivity contribution in [1.82, 2.24) is 0 Å². The fraction of sp³-hybridized carbons (Fsp3) is 0.538. The van der Waals surface area contributed by atoms with E-state index in [1.165, 1.54) is 6.07 Å². The van der Waals surface area contributed by atoms with Crippen molar-refractivity contribution in [2.24, 2.45) is 5.11 Å². The van der Waals surface area contributed by atoms with Gasteiger partial charge in [0.15, 0.2) is 0 Å². The molecule has 120 valence electrons. The molecule has 6 nitrogen and oxygen atoms in total. The molecular weight excluding hydrogens is 364 g/mol. The molecule has 2 N–H and O–H groups in total. The van der Waals surface area contributed by atoms with E-state index in [0.29, 0.717) is 6.07 Å². The zero-order chi connectivity index (χ0) is 16.3. The van der Waals surface area contributed by atoms with Crippen LogP contribution in [0.5, 0.6) is 0 Å². The van der Waals surface area contributed by atoms with Crippen molar-refractivity contribution in [3.8, 4) is 0 Å². The number of halogens is 3. The number of ether oxygens (including phenoxy) is 1. The van der Waals surface area contributed by atoms with Crippen molar-refractivity contribution in [3.63, 3.8) is 0 Å². The Morgan fingerprint density at radius 2 is 2.18 bits per heavy atom. The van der Waals surface area contributed by atoms with Crippen molar-refractivity contribution < 1.29 is 23.7 Å². The smallest absolute Gasteiger partial charge is 0.131 e. The third-order valence-electron chi connectivity index (χ3n) is 3.56. The molecule has 0 saturated carbocycles. The Kier molecular flexibility index (Phi) is 5.71. The largest absolute Gasteiger partial charge is 0.394 e. The van der Waals surface area contributed by atoms with Crippen LogP contribution in [0.1, 0.15) is 29.7 Å². The summed E-state index contributed by atoms with van der Waals surface area (Å²) in [7, 11) is 0. The van der Waals surface area contributed by atoms with Crippen molar-refractivity contribution in [2.45, 2.75) is 30.8 Å². The van der Waals surface area contributed by atoms with Gasteiger partial charge in [-0.05, 0) is 17.2 Å². The standard InChI is InChI=1S/C13H14BrF2N3O3/c14-4-10(18-19-17)6-1-7(9(16)2-8(6)15)12-3-11(21)13(5-20)22-12/h1-2,10-13,20-21H,3-5H2/t10?,11-,12+,13+/m0/s1. The van der Waals surface area contributed by atoms with Gasteiger partial charge in [0.2, 0.25) is 0 Å². The predicted molar refractivity (Wildman–Crippen MR) is 77.4 cm³/mol. The van der Waals surface area contributed by atoms with Crippen LogP contribution in [-0.2, 0) is 4.74 Å². The summed E-state index contributed by atoms with van der Waals surface area (Å²) in [6.45, 7) is -0.393. The summed E-state index contributed by atoms with van der Waals surface area (Å²) in [4.78, 5) is 2.64. The molecule has 0 amide bonds. The number of benzene rings is 1. The lowest BCUT2D eigenvalue weighted by Crippen LogP contribution is -2.24. The van der Waals surface area contributed by atoms with Crippen LogP contribution in [0.3, 0.4) is 0 Å². The minimum Gasteiger partial charge on any atom is -0.394 e. The first kappa shape index (κ1) is 17.1. The summed E-state index contributed by atoms with van der Waals surface area (Å²) in [5.74, 6) is -1.64. The molecule has 0 aromatic heterocycles. The molecule has 1 heterocycles. The third kappa shape index (κ3) is 3.39. The van der Waals surface area contributed by atoms with E-state index in [4.69, 9.17) is 15.4 Å². The molecule has 2 rings (SSSR count). The molecular formula is C13H14BrF2N3O3. The molecule has 22 heavy (non-hydrogen) atoms. The molecule has 0 radical (unpaired) electrons. The van der Waals surface area contributed by atoms with Gasteiger partial charge in [0.25, 0.3) is 0 Å². The number of nitrogens with zero attached hydrogens (tertiary/aromatic N) is 3. The van der Waals surface area contributed by atoms with Gasteiger partial charge in [0.1, 0.15) is 17.7 Å². The summed E-state index contributed by atoms with van der Waals surface area (Å²) < 4.78 is 33.3. The summed E-state index contributed by atoms with van der Waals surface area (Å²) in [6.07, 6.45) is -2.43. The summed E-state index contributed by atoms with van der Waals surface area (Å²) >= 11 is 3.12. The summed E-state index contributed by atoms with van der Waals surface area (Å²) in [6, 6.07) is 1.11. The second kappa shape index (κ2) is 7.34. The highest BCUT2D eigenvalue weighted by atomic mass is 79.9. The Hall–Kier alpha value is -1.25. The number of aliphatic hydroxyl groups is 2. The zero-order valence-corrected chi connectivity index (χ0v) is 12.9. The van der Waals surface area contributed by atoms with Crippen molar-refractivity contribution in [3.05, 3.63) is 45.3 Å². The van der Waals surface area contributed by atoms with E-state index < -0.39 is 42.6 Å². The van der Waals surface area contributed by atoms with E-state index in [1.54, 1.807) is 0 Å². The van der Waals surface area contributed by atoms with Crippen molar-refractivity contribution in [1.29, 1.82) is 0 Å². The fourth-order valence-corrected chi connectivity index (χ4v) is 2.90. The molecule has 9 heteroatoms. The van der Waals surface area contributed by atoms with Gasteiger partial charge < -0.3 is 14.9 Å². The van der Waals surface area contributed by atoms with Gasteiger partial charge in [-0.2, -0.15) is 0 Å². The molecule has 1 fully saturated rings. The molecule has 0 aliphatic carbocycles. The normalized spacial score (nSPS) is 25.8. The average Bonchev–Trinajstić information content (AvgIpc) is 2.86. The van der Waals surface area contributed by atoms with Crippen molar-refractivity contribution >= 4 is 15.9 Å². The second-order valence-electron chi connectivity index (χ2n) is 4.92. The lowest BCUT2D eigenvalue weighted by atomic mass is 9.99. The van der Waals surface area contributed by atoms with Gasteiger partial charge >= 0.3 is 0 Å². The molecule has 1 saturated heterocycles. The molecule has 1 aromatic carbocycles. The quantitative estimate of drug-likeness (QED) is 0.357. The van der Waals surface area contributed by atoms with E-state index >= 15 is 0 Å². The molecule has 0 bridgehead atoms. The summed E-state index contributed by atoms with van der Waals surface area (Å²) in [5, 5.41) is 22.4. The maximum Gasteiger partial charge on any atom is 0.131 e. The van der Waals surface area contributed by atoms with Crippen LogP contribution in [0, 0.1) is 11.6 Å². The van der Waals surface area contributed by atoms with E-state index in [1.807, 2.05) is 0 Å². The molecule has 0 spiro atoms. The Labute approximate surface area is 133 Å². The van der Waals surface area contributed by atoms with E-state index in [-0.39, 0.29) is 22.9 Å². The predicted octanol–water partition coefficient (Wildman–Crippen LogP) is 2.89. The molecule has 1 aliphatic heterocycles. The fourth-order valence-electron chi connectivity index (χ4n) is 2.42. The van der Waals surface area contributed by atoms with Crippen LogP contribution < -0.4 is 0 Å². The number of hydrogen-bond acceptors (Lipinski definition) is 4. The third-order valence-corrected chi connectivity index (χ3v) is 4.18. The molecule has 4 atom stereocenters. The van der Waals surface area contributed by atoms with Gasteiger partial charge in [-0.1, -0.05) is 21.0 Å². The minimum atomic E-state index is -0.924. The van der Waals surface area contributed by atoms with Crippen molar-refractivity contribution in [2.75, 3.05) is 11.9 Å². The van der Waals surface area contributed by atoms with Crippen LogP contribution in [0.25, 0.3) is 10.4 Å². The first-order chi connectivity index (χ1) is 10.5. The highest BCUT2D eigenvalue weighted by Crippen LogP contribution is 2.36. The molecule has 1 aliphatic rings. The van der Waals surface area contributed by atoms with Gasteiger partial charge in [0.05, 0.1) is 24.9 Å². The minimum absolute atomic E-state index is 0.0385. The maximum atomic E-state index is 14.0. The zero-order valence-electron chi connectivity index (χ0n) is 11.4.